The minimum Gasteiger partial charge on any atom is -0.481 e. The molecule has 0 bridgehead atoms. The topological polar surface area (TPSA) is 114 Å². The highest BCUT2D eigenvalue weighted by atomic mass is 79.9. The molecule has 0 unspecified atom stereocenters. The summed E-state index contributed by atoms with van der Waals surface area (Å²) in [7, 11) is 0. The molecule has 0 aliphatic carbocycles. The number of ether oxygens (including phenoxy) is 2. The van der Waals surface area contributed by atoms with Gasteiger partial charge >= 0.3 is 5.97 Å². The van der Waals surface area contributed by atoms with Crippen molar-refractivity contribution < 1.29 is 29.0 Å². The predicted molar refractivity (Wildman–Crippen MR) is 121 cm³/mol. The number of carbonyl (C=O) groups is 3. The highest BCUT2D eigenvalue weighted by molar-refractivity contribution is 9.10. The highest BCUT2D eigenvalue weighted by Gasteiger charge is 2.17. The first-order valence-corrected chi connectivity index (χ1v) is 10.9. The van der Waals surface area contributed by atoms with E-state index in [1.54, 1.807) is 48.5 Å². The van der Waals surface area contributed by atoms with Crippen LogP contribution in [0.4, 0.5) is 0 Å². The molecule has 2 amide bonds. The van der Waals surface area contributed by atoms with Gasteiger partial charge in [0.15, 0.2) is 11.5 Å². The van der Waals surface area contributed by atoms with Gasteiger partial charge in [-0.1, -0.05) is 28.4 Å². The second-order valence-electron chi connectivity index (χ2n) is 7.09. The van der Waals surface area contributed by atoms with Crippen LogP contribution in [0.25, 0.3) is 6.08 Å². The lowest BCUT2D eigenvalue weighted by atomic mass is 10.1. The summed E-state index contributed by atoms with van der Waals surface area (Å²) in [5.41, 5.74) is 1.16. The molecule has 1 aliphatic rings. The molecular formula is C23H23BrN2O6. The van der Waals surface area contributed by atoms with Gasteiger partial charge in [0, 0.05) is 23.0 Å². The van der Waals surface area contributed by atoms with Crippen molar-refractivity contribution in [3.8, 4) is 11.5 Å². The standard InChI is InChI=1S/C23H23BrN2O6/c24-17-8-6-16(7-9-17)22(29)26-18(23(30)25-11-3-1-2-4-21(27)28)12-15-5-10-19-20(13-15)32-14-31-19/h5-10,12-13H,1-4,11,14H2,(H,25,30)(H,26,29)(H,27,28)/b18-12-. The third-order valence-electron chi connectivity index (χ3n) is 4.66. The number of carboxylic acids is 1. The predicted octanol–water partition coefficient (Wildman–Crippen LogP) is 3.71. The van der Waals surface area contributed by atoms with Crippen LogP contribution in [0.2, 0.25) is 0 Å². The fourth-order valence-electron chi connectivity index (χ4n) is 3.00. The minimum atomic E-state index is -0.835. The van der Waals surface area contributed by atoms with Crippen molar-refractivity contribution in [1.29, 1.82) is 0 Å². The number of fused-ring (bicyclic) bond motifs is 1. The van der Waals surface area contributed by atoms with Crippen molar-refractivity contribution in [2.45, 2.75) is 25.7 Å². The van der Waals surface area contributed by atoms with Crippen molar-refractivity contribution in [2.24, 2.45) is 0 Å². The molecule has 0 spiro atoms. The number of carbonyl (C=O) groups excluding carboxylic acids is 2. The van der Waals surface area contributed by atoms with Crippen molar-refractivity contribution in [2.75, 3.05) is 13.3 Å². The Labute approximate surface area is 193 Å². The van der Waals surface area contributed by atoms with Crippen molar-refractivity contribution in [1.82, 2.24) is 10.6 Å². The van der Waals surface area contributed by atoms with E-state index >= 15 is 0 Å². The van der Waals surface area contributed by atoms with E-state index in [9.17, 15) is 14.4 Å². The van der Waals surface area contributed by atoms with E-state index in [4.69, 9.17) is 14.6 Å². The molecule has 8 nitrogen and oxygen atoms in total. The number of aliphatic carboxylic acids is 1. The lowest BCUT2D eigenvalue weighted by Crippen LogP contribution is -2.35. The maximum Gasteiger partial charge on any atom is 0.303 e. The Morgan fingerprint density at radius 2 is 1.75 bits per heavy atom. The van der Waals surface area contributed by atoms with Crippen LogP contribution in [0.15, 0.2) is 52.6 Å². The highest BCUT2D eigenvalue weighted by Crippen LogP contribution is 2.33. The van der Waals surface area contributed by atoms with Crippen LogP contribution in [0.1, 0.15) is 41.6 Å². The molecule has 0 saturated carbocycles. The van der Waals surface area contributed by atoms with E-state index in [-0.39, 0.29) is 18.9 Å². The van der Waals surface area contributed by atoms with E-state index < -0.39 is 17.8 Å². The zero-order valence-electron chi connectivity index (χ0n) is 17.2. The van der Waals surface area contributed by atoms with Gasteiger partial charge < -0.3 is 25.2 Å². The Morgan fingerprint density at radius 1 is 1.00 bits per heavy atom. The molecule has 3 N–H and O–H groups in total. The Bertz CT molecular complexity index is 1020. The van der Waals surface area contributed by atoms with Gasteiger partial charge in [-0.3, -0.25) is 14.4 Å². The number of carboxylic acid groups (broad SMARTS) is 1. The zero-order chi connectivity index (χ0) is 22.9. The maximum atomic E-state index is 12.8. The van der Waals surface area contributed by atoms with Gasteiger partial charge in [-0.15, -0.1) is 0 Å². The van der Waals surface area contributed by atoms with Crippen LogP contribution in [0.5, 0.6) is 11.5 Å². The summed E-state index contributed by atoms with van der Waals surface area (Å²) in [4.78, 5) is 36.0. The molecule has 32 heavy (non-hydrogen) atoms. The van der Waals surface area contributed by atoms with Crippen LogP contribution < -0.4 is 20.1 Å². The first kappa shape index (κ1) is 23.3. The van der Waals surface area contributed by atoms with E-state index in [0.717, 1.165) is 4.47 Å². The molecule has 3 rings (SSSR count). The molecule has 168 valence electrons. The molecule has 0 saturated heterocycles. The summed E-state index contributed by atoms with van der Waals surface area (Å²) in [6.07, 6.45) is 3.53. The largest absolute Gasteiger partial charge is 0.481 e. The fourth-order valence-corrected chi connectivity index (χ4v) is 3.26. The Hall–Kier alpha value is -3.33. The van der Waals surface area contributed by atoms with Crippen molar-refractivity contribution in [3.63, 3.8) is 0 Å². The summed E-state index contributed by atoms with van der Waals surface area (Å²) in [5, 5.41) is 14.1. The zero-order valence-corrected chi connectivity index (χ0v) is 18.8. The minimum absolute atomic E-state index is 0.0855. The lowest BCUT2D eigenvalue weighted by Gasteiger charge is -2.11. The van der Waals surface area contributed by atoms with E-state index in [1.165, 1.54) is 0 Å². The summed E-state index contributed by atoms with van der Waals surface area (Å²) < 4.78 is 11.5. The smallest absolute Gasteiger partial charge is 0.303 e. The molecule has 1 heterocycles. The SMILES string of the molecule is O=C(O)CCCCCNC(=O)/C(=C/c1ccc2c(c1)OCO2)NC(=O)c1ccc(Br)cc1. The molecular weight excluding hydrogens is 480 g/mol. The molecule has 0 aromatic heterocycles. The van der Waals surface area contributed by atoms with Crippen LogP contribution in [0, 0.1) is 0 Å². The van der Waals surface area contributed by atoms with E-state index in [2.05, 4.69) is 26.6 Å². The van der Waals surface area contributed by atoms with Crippen LogP contribution in [0.3, 0.4) is 0 Å². The first-order valence-electron chi connectivity index (χ1n) is 10.1. The second kappa shape index (κ2) is 11.3. The molecule has 0 atom stereocenters. The fraction of sp³-hybridized carbons (Fsp3) is 0.261. The Morgan fingerprint density at radius 3 is 2.50 bits per heavy atom. The van der Waals surface area contributed by atoms with Crippen molar-refractivity contribution in [3.05, 3.63) is 63.8 Å². The van der Waals surface area contributed by atoms with Gasteiger partial charge in [0.2, 0.25) is 6.79 Å². The number of nitrogens with one attached hydrogen (secondary N) is 2. The number of hydrogen-bond donors (Lipinski definition) is 3. The molecule has 9 heteroatoms. The quantitative estimate of drug-likeness (QED) is 0.337. The monoisotopic (exact) mass is 502 g/mol. The van der Waals surface area contributed by atoms with Crippen LogP contribution >= 0.6 is 15.9 Å². The molecule has 2 aromatic rings. The van der Waals surface area contributed by atoms with Gasteiger partial charge in [-0.05, 0) is 60.9 Å². The third kappa shape index (κ3) is 6.84. The first-order chi connectivity index (χ1) is 15.4. The number of rotatable bonds is 10. The van der Waals surface area contributed by atoms with Crippen LogP contribution in [-0.4, -0.2) is 36.2 Å². The third-order valence-corrected chi connectivity index (χ3v) is 5.19. The number of halogens is 1. The number of unbranched alkanes of at least 4 members (excludes halogenated alkanes) is 2. The van der Waals surface area contributed by atoms with E-state index in [1.807, 2.05) is 0 Å². The van der Waals surface area contributed by atoms with Gasteiger partial charge in [0.1, 0.15) is 5.70 Å². The second-order valence-corrected chi connectivity index (χ2v) is 8.01. The maximum absolute atomic E-state index is 12.8. The molecule has 1 aliphatic heterocycles. The normalized spacial score (nSPS) is 12.3. The summed E-state index contributed by atoms with van der Waals surface area (Å²) in [6, 6.07) is 12.0. The van der Waals surface area contributed by atoms with Gasteiger partial charge in [0.25, 0.3) is 11.8 Å². The molecule has 0 radical (unpaired) electrons. The average molecular weight is 503 g/mol. The number of amides is 2. The van der Waals surface area contributed by atoms with Crippen LogP contribution in [-0.2, 0) is 9.59 Å². The van der Waals surface area contributed by atoms with E-state index in [0.29, 0.717) is 48.4 Å². The van der Waals surface area contributed by atoms with Gasteiger partial charge in [-0.2, -0.15) is 0 Å². The average Bonchev–Trinajstić information content (AvgIpc) is 3.23. The number of benzene rings is 2. The summed E-state index contributed by atoms with van der Waals surface area (Å²) in [6.45, 7) is 0.503. The Kier molecular flexibility index (Phi) is 8.27. The van der Waals surface area contributed by atoms with Crippen molar-refractivity contribution >= 4 is 39.8 Å². The summed E-state index contributed by atoms with van der Waals surface area (Å²) >= 11 is 3.33. The number of hydrogen-bond acceptors (Lipinski definition) is 5. The summed E-state index contributed by atoms with van der Waals surface area (Å²) in [5.74, 6) is -0.504. The van der Waals surface area contributed by atoms with Gasteiger partial charge in [0.05, 0.1) is 0 Å². The van der Waals surface area contributed by atoms with Gasteiger partial charge in [-0.25, -0.2) is 0 Å². The Balaban J connectivity index is 1.70. The molecule has 2 aromatic carbocycles. The molecule has 0 fully saturated rings. The lowest BCUT2D eigenvalue weighted by molar-refractivity contribution is -0.137.